The number of aryl methyl sites for hydroxylation is 2. The maximum absolute atomic E-state index is 10.7. The van der Waals surface area contributed by atoms with Crippen LogP contribution in [0.25, 0.3) is 0 Å². The largest absolute Gasteiger partial charge is 0.478 e. The van der Waals surface area contributed by atoms with Crippen LogP contribution in [-0.2, 0) is 0 Å². The summed E-state index contributed by atoms with van der Waals surface area (Å²) in [4.78, 5) is 10.7. The molecule has 0 bridgehead atoms. The van der Waals surface area contributed by atoms with Gasteiger partial charge in [0.05, 0.1) is 16.9 Å². The van der Waals surface area contributed by atoms with Crippen molar-refractivity contribution in [2.45, 2.75) is 13.8 Å². The van der Waals surface area contributed by atoms with Crippen molar-refractivity contribution >= 4 is 17.3 Å². The average Bonchev–Trinajstić information content (AvgIpc) is 2.38. The van der Waals surface area contributed by atoms with Gasteiger partial charge >= 0.3 is 5.97 Å². The molecule has 0 aliphatic heterocycles. The molecule has 0 fully saturated rings. The maximum atomic E-state index is 10.7. The third kappa shape index (κ3) is 3.04. The van der Waals surface area contributed by atoms with Gasteiger partial charge in [-0.3, -0.25) is 0 Å². The van der Waals surface area contributed by atoms with Crippen LogP contribution in [0.15, 0.2) is 52.7 Å². The Morgan fingerprint density at radius 2 is 1.53 bits per heavy atom. The first kappa shape index (κ1) is 13.0. The summed E-state index contributed by atoms with van der Waals surface area (Å²) in [5.41, 5.74) is 3.85. The zero-order valence-corrected chi connectivity index (χ0v) is 10.8. The van der Waals surface area contributed by atoms with E-state index in [1.54, 1.807) is 12.1 Å². The topological polar surface area (TPSA) is 62.0 Å². The number of hydrogen-bond donors (Lipinski definition) is 1. The first-order valence-corrected chi connectivity index (χ1v) is 5.89. The molecule has 19 heavy (non-hydrogen) atoms. The highest BCUT2D eigenvalue weighted by Gasteiger charge is 2.02. The Balaban J connectivity index is 2.25. The summed E-state index contributed by atoms with van der Waals surface area (Å²) in [5.74, 6) is -0.946. The molecule has 2 rings (SSSR count). The van der Waals surface area contributed by atoms with Crippen molar-refractivity contribution in [3.63, 3.8) is 0 Å². The molecular formula is C15H14N2O2. The molecule has 0 aromatic heterocycles. The number of carbonyl (C=O) groups is 1. The number of rotatable bonds is 3. The third-order valence-corrected chi connectivity index (χ3v) is 2.82. The van der Waals surface area contributed by atoms with E-state index in [1.807, 2.05) is 32.0 Å². The molecule has 96 valence electrons. The van der Waals surface area contributed by atoms with Gasteiger partial charge in [0.15, 0.2) is 0 Å². The van der Waals surface area contributed by atoms with Crippen molar-refractivity contribution in [3.8, 4) is 0 Å². The summed E-state index contributed by atoms with van der Waals surface area (Å²) >= 11 is 0. The van der Waals surface area contributed by atoms with Crippen molar-refractivity contribution < 1.29 is 9.90 Å². The van der Waals surface area contributed by atoms with Gasteiger partial charge in [-0.15, -0.1) is 0 Å². The summed E-state index contributed by atoms with van der Waals surface area (Å²) in [6, 6.07) is 12.2. The van der Waals surface area contributed by atoms with Crippen LogP contribution >= 0.6 is 0 Å². The Kier molecular flexibility index (Phi) is 3.71. The summed E-state index contributed by atoms with van der Waals surface area (Å²) in [6.45, 7) is 3.96. The highest BCUT2D eigenvalue weighted by molar-refractivity contribution is 5.87. The predicted octanol–water partition coefficient (Wildman–Crippen LogP) is 4.42. The molecule has 0 unspecified atom stereocenters. The van der Waals surface area contributed by atoms with Crippen LogP contribution in [0.3, 0.4) is 0 Å². The van der Waals surface area contributed by atoms with Crippen LogP contribution in [0, 0.1) is 13.8 Å². The van der Waals surface area contributed by atoms with E-state index < -0.39 is 5.97 Å². The lowest BCUT2D eigenvalue weighted by Gasteiger charge is -2.02. The van der Waals surface area contributed by atoms with Crippen molar-refractivity contribution in [2.24, 2.45) is 10.2 Å². The van der Waals surface area contributed by atoms with Gasteiger partial charge in [-0.05, 0) is 49.2 Å². The van der Waals surface area contributed by atoms with E-state index in [4.69, 9.17) is 5.11 Å². The molecule has 0 amide bonds. The third-order valence-electron chi connectivity index (χ3n) is 2.82. The Hall–Kier alpha value is -2.49. The molecule has 1 N–H and O–H groups in total. The molecule has 0 saturated heterocycles. The number of nitrogens with zero attached hydrogens (tertiary/aromatic N) is 2. The normalized spacial score (nSPS) is 10.8. The van der Waals surface area contributed by atoms with Gasteiger partial charge in [0.25, 0.3) is 0 Å². The van der Waals surface area contributed by atoms with Gasteiger partial charge < -0.3 is 5.11 Å². The minimum Gasteiger partial charge on any atom is -0.478 e. The molecule has 2 aromatic rings. The fourth-order valence-electron chi connectivity index (χ4n) is 1.74. The first-order chi connectivity index (χ1) is 9.08. The van der Waals surface area contributed by atoms with E-state index in [-0.39, 0.29) is 5.56 Å². The van der Waals surface area contributed by atoms with Gasteiger partial charge in [-0.1, -0.05) is 18.2 Å². The minimum absolute atomic E-state index is 0.242. The molecule has 0 radical (unpaired) electrons. The van der Waals surface area contributed by atoms with E-state index in [1.165, 1.54) is 12.1 Å². The van der Waals surface area contributed by atoms with Crippen LogP contribution in [0.1, 0.15) is 21.5 Å². The van der Waals surface area contributed by atoms with Gasteiger partial charge in [0.1, 0.15) is 0 Å². The monoisotopic (exact) mass is 254 g/mol. The van der Waals surface area contributed by atoms with Crippen LogP contribution in [-0.4, -0.2) is 11.1 Å². The summed E-state index contributed by atoms with van der Waals surface area (Å²) < 4.78 is 0. The lowest BCUT2D eigenvalue weighted by molar-refractivity contribution is 0.0697. The van der Waals surface area contributed by atoms with Crippen LogP contribution in [0.5, 0.6) is 0 Å². The number of benzene rings is 2. The molecule has 0 aliphatic carbocycles. The van der Waals surface area contributed by atoms with Crippen LogP contribution in [0.2, 0.25) is 0 Å². The Bertz CT molecular complexity index is 611. The summed E-state index contributed by atoms with van der Waals surface area (Å²) in [5, 5.41) is 17.2. The van der Waals surface area contributed by atoms with E-state index in [2.05, 4.69) is 10.2 Å². The average molecular weight is 254 g/mol. The molecule has 4 heteroatoms. The second kappa shape index (κ2) is 5.44. The summed E-state index contributed by atoms with van der Waals surface area (Å²) in [7, 11) is 0. The number of carboxylic acids is 1. The van der Waals surface area contributed by atoms with E-state index >= 15 is 0 Å². The maximum Gasteiger partial charge on any atom is 0.335 e. The Labute approximate surface area is 111 Å². The number of carboxylic acid groups (broad SMARTS) is 1. The lowest BCUT2D eigenvalue weighted by atomic mass is 10.1. The fourth-order valence-corrected chi connectivity index (χ4v) is 1.74. The number of aromatic carboxylic acids is 1. The standard InChI is InChI=1S/C15H14N2O2/c1-10-4-3-5-11(2)14(10)17-16-13-8-6-12(7-9-13)15(18)19/h3-9H,1-2H3,(H,18,19). The molecule has 2 aromatic carbocycles. The molecule has 0 spiro atoms. The summed E-state index contributed by atoms with van der Waals surface area (Å²) in [6.07, 6.45) is 0. The fraction of sp³-hybridized carbons (Fsp3) is 0.133. The molecule has 0 aliphatic rings. The van der Waals surface area contributed by atoms with Crippen LogP contribution in [0.4, 0.5) is 11.4 Å². The van der Waals surface area contributed by atoms with E-state index in [0.29, 0.717) is 5.69 Å². The highest BCUT2D eigenvalue weighted by atomic mass is 16.4. The van der Waals surface area contributed by atoms with Crippen molar-refractivity contribution in [3.05, 3.63) is 59.2 Å². The number of azo groups is 1. The van der Waals surface area contributed by atoms with Gasteiger partial charge in [-0.25, -0.2) is 4.79 Å². The quantitative estimate of drug-likeness (QED) is 0.824. The highest BCUT2D eigenvalue weighted by Crippen LogP contribution is 2.25. The zero-order chi connectivity index (χ0) is 13.8. The lowest BCUT2D eigenvalue weighted by Crippen LogP contribution is -1.93. The van der Waals surface area contributed by atoms with E-state index in [9.17, 15) is 4.79 Å². The van der Waals surface area contributed by atoms with Gasteiger partial charge in [0.2, 0.25) is 0 Å². The van der Waals surface area contributed by atoms with Gasteiger partial charge in [0, 0.05) is 0 Å². The first-order valence-electron chi connectivity index (χ1n) is 5.89. The minimum atomic E-state index is -0.946. The Morgan fingerprint density at radius 3 is 2.05 bits per heavy atom. The van der Waals surface area contributed by atoms with E-state index in [0.717, 1.165) is 16.8 Å². The molecule has 0 saturated carbocycles. The SMILES string of the molecule is Cc1cccc(C)c1N=Nc1ccc(C(=O)O)cc1. The molecule has 4 nitrogen and oxygen atoms in total. The van der Waals surface area contributed by atoms with Crippen LogP contribution < -0.4 is 0 Å². The Morgan fingerprint density at radius 1 is 0.947 bits per heavy atom. The van der Waals surface area contributed by atoms with Gasteiger partial charge in [-0.2, -0.15) is 10.2 Å². The number of hydrogen-bond acceptors (Lipinski definition) is 3. The van der Waals surface area contributed by atoms with Crippen molar-refractivity contribution in [1.82, 2.24) is 0 Å². The second-order valence-electron chi connectivity index (χ2n) is 4.29. The van der Waals surface area contributed by atoms with Crippen molar-refractivity contribution in [2.75, 3.05) is 0 Å². The van der Waals surface area contributed by atoms with Crippen molar-refractivity contribution in [1.29, 1.82) is 0 Å². The zero-order valence-electron chi connectivity index (χ0n) is 10.8. The predicted molar refractivity (Wildman–Crippen MR) is 73.5 cm³/mol. The second-order valence-corrected chi connectivity index (χ2v) is 4.29. The molecular weight excluding hydrogens is 240 g/mol. The smallest absolute Gasteiger partial charge is 0.335 e. The molecule has 0 atom stereocenters. The molecule has 0 heterocycles.